The number of hydrogen-bond acceptors (Lipinski definition) is 6. The molecule has 0 saturated carbocycles. The maximum atomic E-state index is 13.4. The van der Waals surface area contributed by atoms with E-state index >= 15 is 0 Å². The third-order valence-electron chi connectivity index (χ3n) is 11.2. The SMILES string of the molecule is CC\C=C/C=C/C=C/C=C\C=C\C=C\CCCCCC(=O)OC(/C=C/CCCCCCCCCCC)C(COP(=O)(O)OCC[N+](C)(C)C)NC(=O)CCCCC/C=C\CCCCCCCC. The van der Waals surface area contributed by atoms with E-state index in [2.05, 4.69) is 50.4 Å². The lowest BCUT2D eigenvalue weighted by atomic mass is 10.1. The van der Waals surface area contributed by atoms with Gasteiger partial charge in [0.15, 0.2) is 0 Å². The summed E-state index contributed by atoms with van der Waals surface area (Å²) < 4.78 is 30.5. The molecule has 0 bridgehead atoms. The number of carbonyl (C=O) groups excluding carboxylic acids is 2. The van der Waals surface area contributed by atoms with Gasteiger partial charge in [-0.25, -0.2) is 4.57 Å². The van der Waals surface area contributed by atoms with Gasteiger partial charge in [0.05, 0.1) is 33.8 Å². The lowest BCUT2D eigenvalue weighted by molar-refractivity contribution is -0.870. The van der Waals surface area contributed by atoms with Gasteiger partial charge in [-0.1, -0.05) is 208 Å². The summed E-state index contributed by atoms with van der Waals surface area (Å²) in [4.78, 5) is 37.4. The van der Waals surface area contributed by atoms with Gasteiger partial charge in [-0.3, -0.25) is 18.6 Å². The minimum Gasteiger partial charge on any atom is -0.456 e. The summed E-state index contributed by atoms with van der Waals surface area (Å²) in [6, 6.07) is -0.878. The van der Waals surface area contributed by atoms with Gasteiger partial charge in [0.2, 0.25) is 5.91 Å². The van der Waals surface area contributed by atoms with Crippen LogP contribution in [-0.2, 0) is 27.9 Å². The van der Waals surface area contributed by atoms with E-state index in [0.29, 0.717) is 30.3 Å². The average Bonchev–Trinajstić information content (AvgIpc) is 3.28. The molecular weight excluding hydrogens is 856 g/mol. The van der Waals surface area contributed by atoms with Crippen LogP contribution >= 0.6 is 7.82 Å². The monoisotopic (exact) mass is 956 g/mol. The lowest BCUT2D eigenvalue weighted by Crippen LogP contribution is -2.47. The van der Waals surface area contributed by atoms with Crippen molar-refractivity contribution in [2.45, 2.75) is 213 Å². The van der Waals surface area contributed by atoms with Crippen LogP contribution < -0.4 is 5.32 Å². The van der Waals surface area contributed by atoms with Crippen molar-refractivity contribution in [3.8, 4) is 0 Å². The van der Waals surface area contributed by atoms with Crippen molar-refractivity contribution in [3.63, 3.8) is 0 Å². The molecular formula is C57H100N2O7P+. The van der Waals surface area contributed by atoms with Crippen molar-refractivity contribution in [1.29, 1.82) is 0 Å². The first-order valence-corrected chi connectivity index (χ1v) is 28.1. The third-order valence-corrected chi connectivity index (χ3v) is 12.2. The van der Waals surface area contributed by atoms with E-state index in [1.165, 1.54) is 83.5 Å². The number of nitrogens with one attached hydrogen (secondary N) is 1. The van der Waals surface area contributed by atoms with Gasteiger partial charge < -0.3 is 19.4 Å². The van der Waals surface area contributed by atoms with Crippen LogP contribution in [0.5, 0.6) is 0 Å². The maximum absolute atomic E-state index is 13.4. The zero-order chi connectivity index (χ0) is 49.4. The van der Waals surface area contributed by atoms with Gasteiger partial charge in [-0.2, -0.15) is 0 Å². The summed E-state index contributed by atoms with van der Waals surface area (Å²) in [6.45, 7) is 6.78. The van der Waals surface area contributed by atoms with Gasteiger partial charge in [-0.15, -0.1) is 0 Å². The standard InChI is InChI=1S/C57H99N2O7P/c1-7-10-13-16-19-22-25-27-28-29-30-32-35-38-41-44-47-50-57(61)66-55(48-45-42-39-36-33-24-21-18-15-12-9-3)54(53-65-67(62,63)64-52-51-59(4,5)6)58-56(60)49-46-43-40-37-34-31-26-23-20-17-14-11-8-2/h10,13,16,19,22,25,27-32,34-35,45,48,54-55H,7-9,11-12,14-15,17-18,20-21,23-24,26,33,36-44,46-47,49-53H2,1-6H3,(H-,58,60,62,63)/p+1/b13-10-,19-16+,25-22+,28-27-,30-29+,34-31-,35-32+,48-45+. The Bertz CT molecular complexity index is 1470. The first kappa shape index (κ1) is 63.9. The summed E-state index contributed by atoms with van der Waals surface area (Å²) in [5.74, 6) is -0.585. The topological polar surface area (TPSA) is 111 Å². The van der Waals surface area contributed by atoms with E-state index in [9.17, 15) is 19.0 Å². The summed E-state index contributed by atoms with van der Waals surface area (Å²) in [5.41, 5.74) is 0. The number of nitrogens with zero attached hydrogens (tertiary/aromatic N) is 1. The second kappa shape index (κ2) is 46.6. The van der Waals surface area contributed by atoms with Gasteiger partial charge in [-0.05, 0) is 76.7 Å². The fraction of sp³-hybridized carbons (Fsp3) is 0.684. The highest BCUT2D eigenvalue weighted by Gasteiger charge is 2.30. The molecule has 0 fully saturated rings. The normalized spacial score (nSPS) is 14.7. The molecule has 1 amide bonds. The highest BCUT2D eigenvalue weighted by Crippen LogP contribution is 2.43. The second-order valence-electron chi connectivity index (χ2n) is 18.8. The number of rotatable bonds is 46. The molecule has 0 aliphatic heterocycles. The molecule has 0 radical (unpaired) electrons. The molecule has 67 heavy (non-hydrogen) atoms. The smallest absolute Gasteiger partial charge is 0.456 e. The Morgan fingerprint density at radius 3 is 1.48 bits per heavy atom. The predicted molar refractivity (Wildman–Crippen MR) is 286 cm³/mol. The molecule has 0 aromatic carbocycles. The van der Waals surface area contributed by atoms with Crippen LogP contribution in [0, 0.1) is 0 Å². The molecule has 0 heterocycles. The summed E-state index contributed by atoms with van der Waals surface area (Å²) >= 11 is 0. The number of amides is 1. The number of unbranched alkanes of at least 4 members (excludes halogenated alkanes) is 21. The fourth-order valence-corrected chi connectivity index (χ4v) is 7.76. The van der Waals surface area contributed by atoms with Crippen LogP contribution in [-0.4, -0.2) is 74.3 Å². The molecule has 2 N–H and O–H groups in total. The molecule has 0 rings (SSSR count). The minimum atomic E-state index is -4.46. The fourth-order valence-electron chi connectivity index (χ4n) is 7.02. The number of phosphoric ester groups is 1. The zero-order valence-corrected chi connectivity index (χ0v) is 44.5. The molecule has 384 valence electrons. The summed E-state index contributed by atoms with van der Waals surface area (Å²) in [5, 5.41) is 3.01. The van der Waals surface area contributed by atoms with Crippen LogP contribution in [0.2, 0.25) is 0 Å². The zero-order valence-electron chi connectivity index (χ0n) is 43.6. The van der Waals surface area contributed by atoms with E-state index in [1.54, 1.807) is 0 Å². The second-order valence-corrected chi connectivity index (χ2v) is 20.3. The maximum Gasteiger partial charge on any atom is 0.472 e. The Morgan fingerprint density at radius 2 is 0.970 bits per heavy atom. The molecule has 0 aliphatic carbocycles. The molecule has 0 aromatic rings. The van der Waals surface area contributed by atoms with Crippen molar-refractivity contribution in [1.82, 2.24) is 5.32 Å². The molecule has 0 aliphatic rings. The van der Waals surface area contributed by atoms with E-state index in [1.807, 2.05) is 94.1 Å². The molecule has 3 atom stereocenters. The number of ether oxygens (including phenoxy) is 1. The summed E-state index contributed by atoms with van der Waals surface area (Å²) in [6.07, 6.45) is 61.2. The van der Waals surface area contributed by atoms with Crippen molar-refractivity contribution >= 4 is 19.7 Å². The molecule has 3 unspecified atom stereocenters. The highest BCUT2D eigenvalue weighted by atomic mass is 31.2. The Kier molecular flexibility index (Phi) is 44.5. The number of allylic oxidation sites excluding steroid dienone is 15. The van der Waals surface area contributed by atoms with E-state index in [0.717, 1.165) is 70.6 Å². The Balaban J connectivity index is 5.52. The highest BCUT2D eigenvalue weighted by molar-refractivity contribution is 7.47. The molecule has 0 spiro atoms. The van der Waals surface area contributed by atoms with Gasteiger partial charge >= 0.3 is 13.8 Å². The largest absolute Gasteiger partial charge is 0.472 e. The van der Waals surface area contributed by atoms with E-state index < -0.39 is 20.0 Å². The van der Waals surface area contributed by atoms with E-state index in [4.69, 9.17) is 13.8 Å². The Hall–Kier alpha value is -3.07. The first-order chi connectivity index (χ1) is 32.4. The van der Waals surface area contributed by atoms with Crippen molar-refractivity contribution in [2.24, 2.45) is 0 Å². The number of esters is 1. The van der Waals surface area contributed by atoms with E-state index in [-0.39, 0.29) is 31.5 Å². The van der Waals surface area contributed by atoms with Gasteiger partial charge in [0.25, 0.3) is 0 Å². The molecule has 0 aromatic heterocycles. The van der Waals surface area contributed by atoms with Crippen LogP contribution in [0.3, 0.4) is 0 Å². The van der Waals surface area contributed by atoms with Crippen LogP contribution in [0.25, 0.3) is 0 Å². The number of carbonyl (C=O) groups is 2. The molecule has 0 saturated heterocycles. The molecule has 9 nitrogen and oxygen atoms in total. The van der Waals surface area contributed by atoms with Crippen molar-refractivity contribution in [2.75, 3.05) is 40.9 Å². The van der Waals surface area contributed by atoms with Crippen molar-refractivity contribution in [3.05, 3.63) is 97.2 Å². The Labute approximate surface area is 411 Å². The van der Waals surface area contributed by atoms with Crippen LogP contribution in [0.1, 0.15) is 201 Å². The Morgan fingerprint density at radius 1 is 0.537 bits per heavy atom. The number of phosphoric acid groups is 1. The number of likely N-dealkylation sites (N-methyl/N-ethyl adjacent to an activating group) is 1. The first-order valence-electron chi connectivity index (χ1n) is 26.6. The van der Waals surface area contributed by atoms with Crippen LogP contribution in [0.15, 0.2) is 97.2 Å². The quantitative estimate of drug-likeness (QED) is 0.0156. The minimum absolute atomic E-state index is 0.0250. The summed E-state index contributed by atoms with van der Waals surface area (Å²) in [7, 11) is 1.44. The lowest BCUT2D eigenvalue weighted by Gasteiger charge is -2.27. The average molecular weight is 956 g/mol. The van der Waals surface area contributed by atoms with Gasteiger partial charge in [0, 0.05) is 12.8 Å². The van der Waals surface area contributed by atoms with Crippen LogP contribution in [0.4, 0.5) is 0 Å². The predicted octanol–water partition coefficient (Wildman–Crippen LogP) is 15.7. The van der Waals surface area contributed by atoms with Gasteiger partial charge in [0.1, 0.15) is 19.3 Å². The number of quaternary nitrogens is 1. The number of hydrogen-bond donors (Lipinski definition) is 2. The molecule has 10 heteroatoms. The van der Waals surface area contributed by atoms with Crippen molar-refractivity contribution < 1.29 is 37.3 Å². The third kappa shape index (κ3) is 47.8.